The smallest absolute Gasteiger partial charge is 0.349 e. The highest BCUT2D eigenvalue weighted by molar-refractivity contribution is 7.14. The first-order chi connectivity index (χ1) is 11.5. The lowest BCUT2D eigenvalue weighted by Gasteiger charge is -2.16. The summed E-state index contributed by atoms with van der Waals surface area (Å²) in [6, 6.07) is 5.84. The topological polar surface area (TPSA) is 55.4 Å². The van der Waals surface area contributed by atoms with Crippen LogP contribution >= 0.6 is 22.7 Å². The second-order valence-corrected chi connectivity index (χ2v) is 8.42. The van der Waals surface area contributed by atoms with Crippen LogP contribution in [0.1, 0.15) is 45.3 Å². The van der Waals surface area contributed by atoms with Crippen molar-refractivity contribution in [3.05, 3.63) is 43.8 Å². The van der Waals surface area contributed by atoms with Crippen molar-refractivity contribution < 1.29 is 14.3 Å². The van der Waals surface area contributed by atoms with Crippen molar-refractivity contribution in [1.82, 2.24) is 5.32 Å². The van der Waals surface area contributed by atoms with Gasteiger partial charge in [-0.1, -0.05) is 13.0 Å². The van der Waals surface area contributed by atoms with Gasteiger partial charge in [-0.25, -0.2) is 4.79 Å². The number of esters is 1. The van der Waals surface area contributed by atoms with Gasteiger partial charge in [0.2, 0.25) is 0 Å². The van der Waals surface area contributed by atoms with Crippen molar-refractivity contribution in [2.75, 3.05) is 0 Å². The summed E-state index contributed by atoms with van der Waals surface area (Å²) in [4.78, 5) is 27.3. The fourth-order valence-electron chi connectivity index (χ4n) is 2.81. The average molecular weight is 364 g/mol. The molecule has 1 aliphatic carbocycles. The van der Waals surface area contributed by atoms with Crippen LogP contribution in [-0.4, -0.2) is 18.0 Å². The Bertz CT molecular complexity index is 721. The molecule has 3 rings (SSSR count). The number of amides is 1. The standard InChI is InChI=1S/C18H21NO3S2/c1-11-5-6-15-13(8-11)9-16(24-15)18(21)22-12(2)17(20)19-10-14-4-3-7-23-14/h3-4,7,9,11-12H,5-6,8,10H2,1-2H3,(H,19,20)/t11-,12+/m1/s1. The summed E-state index contributed by atoms with van der Waals surface area (Å²) < 4.78 is 5.34. The second kappa shape index (κ2) is 7.49. The van der Waals surface area contributed by atoms with E-state index in [-0.39, 0.29) is 5.91 Å². The third-order valence-electron chi connectivity index (χ3n) is 4.20. The molecule has 0 aliphatic heterocycles. The van der Waals surface area contributed by atoms with Crippen LogP contribution in [0, 0.1) is 5.92 Å². The Morgan fingerprint density at radius 1 is 1.46 bits per heavy atom. The normalized spacial score (nSPS) is 17.8. The van der Waals surface area contributed by atoms with Crippen molar-refractivity contribution in [3.8, 4) is 0 Å². The van der Waals surface area contributed by atoms with E-state index in [0.29, 0.717) is 17.3 Å². The molecule has 1 N–H and O–H groups in total. The molecule has 0 bridgehead atoms. The molecule has 0 spiro atoms. The van der Waals surface area contributed by atoms with Crippen LogP contribution in [0.4, 0.5) is 0 Å². The summed E-state index contributed by atoms with van der Waals surface area (Å²) in [6.45, 7) is 4.30. The Morgan fingerprint density at radius 2 is 2.29 bits per heavy atom. The molecule has 0 radical (unpaired) electrons. The Labute approximate surface area is 149 Å². The number of thiophene rings is 2. The molecule has 0 unspecified atom stereocenters. The molecule has 2 atom stereocenters. The van der Waals surface area contributed by atoms with Gasteiger partial charge in [-0.3, -0.25) is 4.79 Å². The highest BCUT2D eigenvalue weighted by atomic mass is 32.1. The summed E-state index contributed by atoms with van der Waals surface area (Å²) in [5.74, 6) is -0.00885. The van der Waals surface area contributed by atoms with Crippen LogP contribution in [0.25, 0.3) is 0 Å². The minimum atomic E-state index is -0.796. The third kappa shape index (κ3) is 4.05. The number of carbonyl (C=O) groups excluding carboxylic acids is 2. The molecule has 1 aliphatic rings. The van der Waals surface area contributed by atoms with Crippen LogP contribution in [0.15, 0.2) is 23.6 Å². The molecule has 6 heteroatoms. The molecule has 1 amide bonds. The van der Waals surface area contributed by atoms with Gasteiger partial charge in [-0.2, -0.15) is 0 Å². The lowest BCUT2D eigenvalue weighted by molar-refractivity contribution is -0.129. The molecule has 0 saturated heterocycles. The predicted octanol–water partition coefficient (Wildman–Crippen LogP) is 3.80. The Balaban J connectivity index is 1.55. The van der Waals surface area contributed by atoms with Crippen LogP contribution < -0.4 is 5.32 Å². The van der Waals surface area contributed by atoms with Gasteiger partial charge in [0.25, 0.3) is 5.91 Å². The maximum absolute atomic E-state index is 12.3. The van der Waals surface area contributed by atoms with E-state index in [1.54, 1.807) is 18.3 Å². The molecule has 4 nitrogen and oxygen atoms in total. The fraction of sp³-hybridized carbons (Fsp3) is 0.444. The van der Waals surface area contributed by atoms with Gasteiger partial charge in [0, 0.05) is 9.75 Å². The van der Waals surface area contributed by atoms with E-state index in [2.05, 4.69) is 12.2 Å². The highest BCUT2D eigenvalue weighted by Crippen LogP contribution is 2.32. The van der Waals surface area contributed by atoms with E-state index in [9.17, 15) is 9.59 Å². The molecule has 2 aromatic rings. The second-order valence-electron chi connectivity index (χ2n) is 6.25. The highest BCUT2D eigenvalue weighted by Gasteiger charge is 2.24. The van der Waals surface area contributed by atoms with Crippen LogP contribution in [-0.2, 0) is 28.9 Å². The van der Waals surface area contributed by atoms with Crippen molar-refractivity contribution in [3.63, 3.8) is 0 Å². The van der Waals surface area contributed by atoms with Gasteiger partial charge in [0.15, 0.2) is 6.10 Å². The van der Waals surface area contributed by atoms with E-state index in [1.807, 2.05) is 23.6 Å². The first kappa shape index (κ1) is 17.2. The number of hydrogen-bond donors (Lipinski definition) is 1. The number of fused-ring (bicyclic) bond motifs is 1. The monoisotopic (exact) mass is 363 g/mol. The van der Waals surface area contributed by atoms with Gasteiger partial charge >= 0.3 is 5.97 Å². The Hall–Kier alpha value is -1.66. The molecule has 128 valence electrons. The maximum Gasteiger partial charge on any atom is 0.349 e. The molecule has 2 heterocycles. The van der Waals surface area contributed by atoms with E-state index in [0.717, 1.165) is 17.7 Å². The lowest BCUT2D eigenvalue weighted by atomic mass is 9.90. The van der Waals surface area contributed by atoms with Gasteiger partial charge < -0.3 is 10.1 Å². The SMILES string of the molecule is C[C@@H]1CCc2sc(C(=O)O[C@@H](C)C(=O)NCc3cccs3)cc2C1. The first-order valence-corrected chi connectivity index (χ1v) is 9.85. The Kier molecular flexibility index (Phi) is 5.36. The quantitative estimate of drug-likeness (QED) is 0.822. The Morgan fingerprint density at radius 3 is 3.04 bits per heavy atom. The van der Waals surface area contributed by atoms with Crippen molar-refractivity contribution in [2.24, 2.45) is 5.92 Å². The van der Waals surface area contributed by atoms with Crippen LogP contribution in [0.2, 0.25) is 0 Å². The molecule has 24 heavy (non-hydrogen) atoms. The zero-order valence-corrected chi connectivity index (χ0v) is 15.5. The molecule has 0 fully saturated rings. The lowest BCUT2D eigenvalue weighted by Crippen LogP contribution is -2.35. The first-order valence-electron chi connectivity index (χ1n) is 8.15. The molecule has 2 aromatic heterocycles. The van der Waals surface area contributed by atoms with Crippen LogP contribution in [0.3, 0.4) is 0 Å². The van der Waals surface area contributed by atoms with Crippen molar-refractivity contribution in [1.29, 1.82) is 0 Å². The summed E-state index contributed by atoms with van der Waals surface area (Å²) in [5.41, 5.74) is 1.26. The largest absolute Gasteiger partial charge is 0.448 e. The summed E-state index contributed by atoms with van der Waals surface area (Å²) in [6.07, 6.45) is 2.43. The minimum absolute atomic E-state index is 0.272. The van der Waals surface area contributed by atoms with Gasteiger partial charge in [0.1, 0.15) is 4.88 Å². The van der Waals surface area contributed by atoms with E-state index < -0.39 is 12.1 Å². The zero-order chi connectivity index (χ0) is 17.1. The zero-order valence-electron chi connectivity index (χ0n) is 13.8. The number of carbonyl (C=O) groups is 2. The fourth-order valence-corrected chi connectivity index (χ4v) is 4.55. The average Bonchev–Trinajstić information content (AvgIpc) is 3.21. The van der Waals surface area contributed by atoms with Crippen LogP contribution in [0.5, 0.6) is 0 Å². The van der Waals surface area contributed by atoms with Gasteiger partial charge in [-0.05, 0) is 55.2 Å². The predicted molar refractivity (Wildman–Crippen MR) is 96.6 cm³/mol. The van der Waals surface area contributed by atoms with E-state index >= 15 is 0 Å². The number of nitrogens with one attached hydrogen (secondary N) is 1. The number of aryl methyl sites for hydroxylation is 1. The summed E-state index contributed by atoms with van der Waals surface area (Å²) >= 11 is 3.09. The molecular weight excluding hydrogens is 342 g/mol. The summed E-state index contributed by atoms with van der Waals surface area (Å²) in [5, 5.41) is 4.76. The minimum Gasteiger partial charge on any atom is -0.448 e. The maximum atomic E-state index is 12.3. The number of ether oxygens (including phenoxy) is 1. The third-order valence-corrected chi connectivity index (χ3v) is 6.29. The molecule has 0 aromatic carbocycles. The van der Waals surface area contributed by atoms with Crippen molar-refractivity contribution >= 4 is 34.6 Å². The van der Waals surface area contributed by atoms with Gasteiger partial charge in [-0.15, -0.1) is 22.7 Å². The van der Waals surface area contributed by atoms with E-state index in [1.165, 1.54) is 28.2 Å². The number of hydrogen-bond acceptors (Lipinski definition) is 5. The van der Waals surface area contributed by atoms with E-state index in [4.69, 9.17) is 4.74 Å². The van der Waals surface area contributed by atoms with Crippen molar-refractivity contribution in [2.45, 2.75) is 45.8 Å². The summed E-state index contributed by atoms with van der Waals surface area (Å²) in [7, 11) is 0. The molecular formula is C18H21NO3S2. The molecule has 0 saturated carbocycles. The van der Waals surface area contributed by atoms with Gasteiger partial charge in [0.05, 0.1) is 6.54 Å². The number of rotatable bonds is 5.